The highest BCUT2D eigenvalue weighted by molar-refractivity contribution is 9.10. The smallest absolute Gasteiger partial charge is 0.191 e. The Bertz CT molecular complexity index is 323. The van der Waals surface area contributed by atoms with Gasteiger partial charge in [-0.2, -0.15) is 0 Å². The van der Waals surface area contributed by atoms with E-state index in [9.17, 15) is 4.79 Å². The monoisotopic (exact) mass is 244 g/mol. The van der Waals surface area contributed by atoms with E-state index in [1.54, 1.807) is 18.2 Å². The summed E-state index contributed by atoms with van der Waals surface area (Å²) in [4.78, 5) is 11.2. The van der Waals surface area contributed by atoms with Crippen molar-refractivity contribution in [3.8, 4) is 5.75 Å². The fourth-order valence-electron chi connectivity index (χ4n) is 0.983. The van der Waals surface area contributed by atoms with Gasteiger partial charge in [0, 0.05) is 4.47 Å². The minimum atomic E-state index is -0.507. The van der Waals surface area contributed by atoms with Crippen molar-refractivity contribution in [2.24, 2.45) is 0 Å². The molecule has 0 amide bonds. The second kappa shape index (κ2) is 4.39. The number of carbonyl (C=O) groups is 1. The number of aliphatic hydroxyl groups is 1. The van der Waals surface area contributed by atoms with Crippen LogP contribution in [-0.2, 0) is 0 Å². The number of ether oxygens (including phenoxy) is 1. The third kappa shape index (κ3) is 2.29. The lowest BCUT2D eigenvalue weighted by atomic mass is 10.1. The van der Waals surface area contributed by atoms with Gasteiger partial charge in [0.05, 0.1) is 12.7 Å². The van der Waals surface area contributed by atoms with Crippen LogP contribution in [0.1, 0.15) is 10.4 Å². The highest BCUT2D eigenvalue weighted by atomic mass is 79.9. The molecule has 0 aliphatic heterocycles. The van der Waals surface area contributed by atoms with Crippen LogP contribution in [0, 0.1) is 0 Å². The van der Waals surface area contributed by atoms with E-state index >= 15 is 0 Å². The lowest BCUT2D eigenvalue weighted by molar-refractivity contribution is 0.0900. The van der Waals surface area contributed by atoms with E-state index in [-0.39, 0.29) is 5.78 Å². The number of ketones is 1. The molecule has 1 rings (SSSR count). The van der Waals surface area contributed by atoms with Crippen LogP contribution in [0.2, 0.25) is 0 Å². The van der Waals surface area contributed by atoms with Gasteiger partial charge < -0.3 is 9.84 Å². The van der Waals surface area contributed by atoms with Gasteiger partial charge in [-0.1, -0.05) is 15.9 Å². The summed E-state index contributed by atoms with van der Waals surface area (Å²) in [6.07, 6.45) is 0. The Hall–Kier alpha value is -0.870. The summed E-state index contributed by atoms with van der Waals surface area (Å²) in [5, 5.41) is 8.68. The molecule has 0 unspecified atom stereocenters. The first-order valence-corrected chi connectivity index (χ1v) is 4.46. The zero-order valence-corrected chi connectivity index (χ0v) is 8.67. The summed E-state index contributed by atoms with van der Waals surface area (Å²) < 4.78 is 5.75. The molecule has 0 bridgehead atoms. The van der Waals surface area contributed by atoms with Crippen molar-refractivity contribution < 1.29 is 14.6 Å². The van der Waals surface area contributed by atoms with E-state index in [0.717, 1.165) is 4.47 Å². The number of halogens is 1. The zero-order valence-electron chi connectivity index (χ0n) is 7.08. The van der Waals surface area contributed by atoms with E-state index in [2.05, 4.69) is 15.9 Å². The predicted octanol–water partition coefficient (Wildman–Crippen LogP) is 1.63. The molecule has 3 nitrogen and oxygen atoms in total. The molecule has 4 heteroatoms. The molecule has 0 aliphatic rings. The average Bonchev–Trinajstić information content (AvgIpc) is 2.16. The van der Waals surface area contributed by atoms with Crippen molar-refractivity contribution in [1.29, 1.82) is 0 Å². The van der Waals surface area contributed by atoms with Crippen molar-refractivity contribution in [2.45, 2.75) is 0 Å². The molecule has 0 fully saturated rings. The lowest BCUT2D eigenvalue weighted by Crippen LogP contribution is -2.06. The first-order chi connectivity index (χ1) is 6.19. The number of methoxy groups -OCH3 is 1. The summed E-state index contributed by atoms with van der Waals surface area (Å²) >= 11 is 3.23. The van der Waals surface area contributed by atoms with Crippen LogP contribution in [-0.4, -0.2) is 24.6 Å². The number of hydrogen-bond acceptors (Lipinski definition) is 3. The molecule has 1 N–H and O–H groups in total. The Kier molecular flexibility index (Phi) is 3.45. The van der Waals surface area contributed by atoms with Crippen LogP contribution in [0.25, 0.3) is 0 Å². The van der Waals surface area contributed by atoms with E-state index < -0.39 is 6.61 Å². The van der Waals surface area contributed by atoms with E-state index in [4.69, 9.17) is 9.84 Å². The summed E-state index contributed by atoms with van der Waals surface area (Å²) in [6, 6.07) is 5.07. The van der Waals surface area contributed by atoms with E-state index in [1.807, 2.05) is 0 Å². The maximum absolute atomic E-state index is 11.2. The molecule has 70 valence electrons. The van der Waals surface area contributed by atoms with Gasteiger partial charge in [-0.3, -0.25) is 4.79 Å². The van der Waals surface area contributed by atoms with Crippen molar-refractivity contribution in [3.05, 3.63) is 28.2 Å². The van der Waals surface area contributed by atoms with E-state index in [1.165, 1.54) is 7.11 Å². The standard InChI is InChI=1S/C9H9BrO3/c1-13-9-3-2-6(10)4-7(9)8(12)5-11/h2-4,11H,5H2,1H3. The van der Waals surface area contributed by atoms with Gasteiger partial charge in [-0.25, -0.2) is 0 Å². The fraction of sp³-hybridized carbons (Fsp3) is 0.222. The topological polar surface area (TPSA) is 46.5 Å². The molecule has 0 atom stereocenters. The third-order valence-corrected chi connectivity index (χ3v) is 2.10. The zero-order chi connectivity index (χ0) is 9.84. The van der Waals surface area contributed by atoms with Gasteiger partial charge in [0.25, 0.3) is 0 Å². The summed E-state index contributed by atoms with van der Waals surface area (Å²) in [6.45, 7) is -0.507. The summed E-state index contributed by atoms with van der Waals surface area (Å²) in [5.41, 5.74) is 0.388. The third-order valence-electron chi connectivity index (χ3n) is 1.61. The van der Waals surface area contributed by atoms with Gasteiger partial charge in [-0.05, 0) is 18.2 Å². The van der Waals surface area contributed by atoms with Crippen LogP contribution >= 0.6 is 15.9 Å². The number of hydrogen-bond donors (Lipinski definition) is 1. The summed E-state index contributed by atoms with van der Waals surface area (Å²) in [5.74, 6) is 0.125. The van der Waals surface area contributed by atoms with Gasteiger partial charge in [-0.15, -0.1) is 0 Å². The van der Waals surface area contributed by atoms with E-state index in [0.29, 0.717) is 11.3 Å². The highest BCUT2D eigenvalue weighted by Gasteiger charge is 2.10. The SMILES string of the molecule is COc1ccc(Br)cc1C(=O)CO. The Balaban J connectivity index is 3.15. The fourth-order valence-corrected chi connectivity index (χ4v) is 1.34. The van der Waals surface area contributed by atoms with Crippen LogP contribution in [0.4, 0.5) is 0 Å². The Morgan fingerprint density at radius 1 is 1.62 bits per heavy atom. The first kappa shape index (κ1) is 10.2. The quantitative estimate of drug-likeness (QED) is 0.823. The molecule has 0 spiro atoms. The summed E-state index contributed by atoms with van der Waals surface area (Å²) in [7, 11) is 1.48. The highest BCUT2D eigenvalue weighted by Crippen LogP contribution is 2.23. The normalized spacial score (nSPS) is 9.77. The molecule has 0 radical (unpaired) electrons. The predicted molar refractivity (Wildman–Crippen MR) is 52.1 cm³/mol. The molecule has 0 saturated carbocycles. The number of aliphatic hydroxyl groups excluding tert-OH is 1. The molecule has 0 heterocycles. The van der Waals surface area contributed by atoms with Crippen LogP contribution in [0.15, 0.2) is 22.7 Å². The van der Waals surface area contributed by atoms with Crippen molar-refractivity contribution in [2.75, 3.05) is 13.7 Å². The van der Waals surface area contributed by atoms with Gasteiger partial charge in [0.15, 0.2) is 5.78 Å². The molecule has 0 aromatic heterocycles. The maximum Gasteiger partial charge on any atom is 0.191 e. The lowest BCUT2D eigenvalue weighted by Gasteiger charge is -2.06. The number of benzene rings is 1. The minimum absolute atomic E-state index is 0.349. The molecular weight excluding hydrogens is 236 g/mol. The van der Waals surface area contributed by atoms with Crippen molar-refractivity contribution in [1.82, 2.24) is 0 Å². The average molecular weight is 245 g/mol. The second-order valence-electron chi connectivity index (χ2n) is 2.43. The molecule has 1 aromatic rings. The van der Waals surface area contributed by atoms with Crippen molar-refractivity contribution in [3.63, 3.8) is 0 Å². The van der Waals surface area contributed by atoms with Gasteiger partial charge in [0.1, 0.15) is 12.4 Å². The van der Waals surface area contributed by atoms with Gasteiger partial charge in [0.2, 0.25) is 0 Å². The number of rotatable bonds is 3. The Labute approximate surface area is 84.5 Å². The Morgan fingerprint density at radius 3 is 2.85 bits per heavy atom. The molecule has 0 saturated heterocycles. The molecule has 1 aromatic carbocycles. The largest absolute Gasteiger partial charge is 0.496 e. The van der Waals surface area contributed by atoms with Crippen LogP contribution in [0.5, 0.6) is 5.75 Å². The number of carbonyl (C=O) groups excluding carboxylic acids is 1. The maximum atomic E-state index is 11.2. The minimum Gasteiger partial charge on any atom is -0.496 e. The molecular formula is C9H9BrO3. The van der Waals surface area contributed by atoms with Gasteiger partial charge >= 0.3 is 0 Å². The van der Waals surface area contributed by atoms with Crippen LogP contribution in [0.3, 0.4) is 0 Å². The first-order valence-electron chi connectivity index (χ1n) is 3.66. The van der Waals surface area contributed by atoms with Crippen LogP contribution < -0.4 is 4.74 Å². The second-order valence-corrected chi connectivity index (χ2v) is 3.34. The van der Waals surface area contributed by atoms with Crippen molar-refractivity contribution >= 4 is 21.7 Å². The molecule has 0 aliphatic carbocycles. The molecule has 13 heavy (non-hydrogen) atoms. The number of Topliss-reactive ketones (excluding diaryl/α,β-unsaturated/α-hetero) is 1. The Morgan fingerprint density at radius 2 is 2.31 bits per heavy atom.